The fourth-order valence-electron chi connectivity index (χ4n) is 3.34. The predicted molar refractivity (Wildman–Crippen MR) is 67.7 cm³/mol. The summed E-state index contributed by atoms with van der Waals surface area (Å²) in [4.78, 5) is 0. The van der Waals surface area contributed by atoms with E-state index in [0.717, 1.165) is 11.1 Å². The summed E-state index contributed by atoms with van der Waals surface area (Å²) in [5.74, 6) is -1.86. The van der Waals surface area contributed by atoms with Crippen molar-refractivity contribution in [1.82, 2.24) is 0 Å². The van der Waals surface area contributed by atoms with Crippen LogP contribution in [0.25, 0.3) is 0 Å². The molecule has 0 atom stereocenters. The molecule has 21 heavy (non-hydrogen) atoms. The van der Waals surface area contributed by atoms with Crippen LogP contribution in [0, 0.1) is 22.7 Å². The zero-order valence-corrected chi connectivity index (χ0v) is 11.2. The van der Waals surface area contributed by atoms with Gasteiger partial charge in [-0.25, -0.2) is 0 Å². The van der Waals surface area contributed by atoms with Crippen molar-refractivity contribution in [2.24, 2.45) is 0 Å². The molecular formula is C15H12N2O4. The van der Waals surface area contributed by atoms with E-state index < -0.39 is 11.6 Å². The van der Waals surface area contributed by atoms with Crippen molar-refractivity contribution in [3.63, 3.8) is 0 Å². The number of rotatable bonds is 0. The number of fused-ring (bicyclic) bond motifs is 3. The van der Waals surface area contributed by atoms with Crippen molar-refractivity contribution in [2.75, 3.05) is 26.4 Å². The van der Waals surface area contributed by atoms with Crippen LogP contribution in [0.5, 0.6) is 0 Å². The Morgan fingerprint density at radius 3 is 1.48 bits per heavy atom. The molecule has 0 aromatic heterocycles. The molecular weight excluding hydrogens is 272 g/mol. The summed E-state index contributed by atoms with van der Waals surface area (Å²) in [7, 11) is 0. The molecule has 6 heteroatoms. The van der Waals surface area contributed by atoms with Gasteiger partial charge in [0.1, 0.15) is 12.1 Å². The van der Waals surface area contributed by atoms with Crippen LogP contribution in [-0.4, -0.2) is 26.4 Å². The van der Waals surface area contributed by atoms with Crippen molar-refractivity contribution in [3.8, 4) is 12.1 Å². The number of hydrogen-bond donors (Lipinski definition) is 0. The zero-order chi connectivity index (χ0) is 14.5. The van der Waals surface area contributed by atoms with E-state index in [-0.39, 0.29) is 0 Å². The van der Waals surface area contributed by atoms with Gasteiger partial charge in [0, 0.05) is 11.1 Å². The highest BCUT2D eigenvalue weighted by Crippen LogP contribution is 2.55. The lowest BCUT2D eigenvalue weighted by Gasteiger charge is -2.26. The SMILES string of the molecule is N#Cc1cc2c(cc1C#N)C1(CC23OCCO3)OCCO1. The molecule has 3 aliphatic rings. The Kier molecular flexibility index (Phi) is 2.59. The topological polar surface area (TPSA) is 84.5 Å². The second-order valence-electron chi connectivity index (χ2n) is 5.24. The Labute approximate surface area is 121 Å². The van der Waals surface area contributed by atoms with Crippen molar-refractivity contribution in [3.05, 3.63) is 34.4 Å². The summed E-state index contributed by atoms with van der Waals surface area (Å²) in [6.45, 7) is 1.93. The van der Waals surface area contributed by atoms with Gasteiger partial charge in [0.15, 0.2) is 0 Å². The van der Waals surface area contributed by atoms with Gasteiger partial charge in [-0.15, -0.1) is 0 Å². The van der Waals surface area contributed by atoms with Gasteiger partial charge in [0.2, 0.25) is 11.6 Å². The second-order valence-corrected chi connectivity index (χ2v) is 5.24. The first-order chi connectivity index (χ1) is 10.2. The van der Waals surface area contributed by atoms with Gasteiger partial charge in [-0.05, 0) is 12.1 Å². The summed E-state index contributed by atoms with van der Waals surface area (Å²) < 4.78 is 23.3. The van der Waals surface area contributed by atoms with E-state index in [0.29, 0.717) is 44.0 Å². The van der Waals surface area contributed by atoms with Crippen molar-refractivity contribution >= 4 is 0 Å². The van der Waals surface area contributed by atoms with Gasteiger partial charge in [0.05, 0.1) is 44.0 Å². The third kappa shape index (κ3) is 1.59. The fourth-order valence-corrected chi connectivity index (χ4v) is 3.34. The van der Waals surface area contributed by atoms with Crippen LogP contribution in [0.1, 0.15) is 28.7 Å². The minimum Gasteiger partial charge on any atom is -0.343 e. The first-order valence-electron chi connectivity index (χ1n) is 6.78. The van der Waals surface area contributed by atoms with Crippen LogP contribution in [-0.2, 0) is 30.5 Å². The molecule has 2 spiro atoms. The molecule has 1 aromatic carbocycles. The van der Waals surface area contributed by atoms with Crippen LogP contribution in [0.2, 0.25) is 0 Å². The largest absolute Gasteiger partial charge is 0.343 e. The van der Waals surface area contributed by atoms with Gasteiger partial charge in [0.25, 0.3) is 0 Å². The Hall–Kier alpha value is -1.96. The quantitative estimate of drug-likeness (QED) is 0.712. The second kappa shape index (κ2) is 4.27. The highest BCUT2D eigenvalue weighted by Gasteiger charge is 2.59. The fraction of sp³-hybridized carbons (Fsp3) is 0.467. The molecule has 0 N–H and O–H groups in total. The van der Waals surface area contributed by atoms with E-state index in [9.17, 15) is 10.5 Å². The maximum absolute atomic E-state index is 9.22. The molecule has 0 unspecified atom stereocenters. The summed E-state index contributed by atoms with van der Waals surface area (Å²) >= 11 is 0. The van der Waals surface area contributed by atoms with Gasteiger partial charge in [-0.3, -0.25) is 0 Å². The molecule has 4 rings (SSSR count). The molecule has 2 fully saturated rings. The Morgan fingerprint density at radius 1 is 0.762 bits per heavy atom. The molecule has 2 aliphatic heterocycles. The van der Waals surface area contributed by atoms with E-state index in [1.807, 2.05) is 12.1 Å². The van der Waals surface area contributed by atoms with Crippen molar-refractivity contribution < 1.29 is 18.9 Å². The summed E-state index contributed by atoms with van der Waals surface area (Å²) in [6, 6.07) is 7.42. The number of ether oxygens (including phenoxy) is 4. The van der Waals surface area contributed by atoms with Gasteiger partial charge in [-0.1, -0.05) is 0 Å². The first kappa shape index (κ1) is 12.8. The lowest BCUT2D eigenvalue weighted by atomic mass is 9.98. The number of nitriles is 2. The van der Waals surface area contributed by atoms with E-state index in [1.54, 1.807) is 12.1 Å². The van der Waals surface area contributed by atoms with E-state index in [1.165, 1.54) is 0 Å². The average molecular weight is 284 g/mol. The van der Waals surface area contributed by atoms with Gasteiger partial charge >= 0.3 is 0 Å². The Bertz CT molecular complexity index is 630. The molecule has 1 aromatic rings. The third-order valence-corrected chi connectivity index (χ3v) is 4.19. The van der Waals surface area contributed by atoms with Crippen molar-refractivity contribution in [2.45, 2.75) is 18.0 Å². The van der Waals surface area contributed by atoms with E-state index in [2.05, 4.69) is 0 Å². The maximum Gasteiger partial charge on any atom is 0.201 e. The van der Waals surface area contributed by atoms with Crippen LogP contribution in [0.4, 0.5) is 0 Å². The molecule has 1 aliphatic carbocycles. The van der Waals surface area contributed by atoms with Crippen LogP contribution in [0.3, 0.4) is 0 Å². The molecule has 2 saturated heterocycles. The van der Waals surface area contributed by atoms with Crippen LogP contribution < -0.4 is 0 Å². The van der Waals surface area contributed by atoms with Crippen LogP contribution in [0.15, 0.2) is 12.1 Å². The van der Waals surface area contributed by atoms with Crippen molar-refractivity contribution in [1.29, 1.82) is 10.5 Å². The molecule has 106 valence electrons. The smallest absolute Gasteiger partial charge is 0.201 e. The standard InChI is InChI=1S/C15H12N2O4/c16-7-10-5-12-13(6-11(10)8-17)15(20-3-4-21-15)9-14(12)18-1-2-19-14/h5-6H,1-4,9H2. The van der Waals surface area contributed by atoms with Gasteiger partial charge < -0.3 is 18.9 Å². The summed E-state index contributed by atoms with van der Waals surface area (Å²) in [5, 5.41) is 18.4. The molecule has 0 amide bonds. The Balaban J connectivity index is 1.96. The minimum absolute atomic E-state index is 0.310. The van der Waals surface area contributed by atoms with E-state index >= 15 is 0 Å². The molecule has 0 radical (unpaired) electrons. The molecule has 0 saturated carbocycles. The normalized spacial score (nSPS) is 24.1. The van der Waals surface area contributed by atoms with Gasteiger partial charge in [-0.2, -0.15) is 10.5 Å². The lowest BCUT2D eigenvalue weighted by molar-refractivity contribution is -0.239. The third-order valence-electron chi connectivity index (χ3n) is 4.19. The summed E-state index contributed by atoms with van der Waals surface area (Å²) in [6.07, 6.45) is 0.384. The average Bonchev–Trinajstić information content (AvgIpc) is 3.22. The van der Waals surface area contributed by atoms with E-state index in [4.69, 9.17) is 18.9 Å². The lowest BCUT2D eigenvalue weighted by Crippen LogP contribution is -2.30. The maximum atomic E-state index is 9.22. The van der Waals surface area contributed by atoms with Crippen LogP contribution >= 0.6 is 0 Å². The predicted octanol–water partition coefficient (Wildman–Crippen LogP) is 1.23. The molecule has 6 nitrogen and oxygen atoms in total. The number of benzene rings is 1. The number of hydrogen-bond acceptors (Lipinski definition) is 6. The summed E-state index contributed by atoms with van der Waals surface area (Å²) in [5.41, 5.74) is 2.09. The Morgan fingerprint density at radius 2 is 1.14 bits per heavy atom. The highest BCUT2D eigenvalue weighted by atomic mass is 16.8. The molecule has 0 bridgehead atoms. The molecule has 2 heterocycles. The monoisotopic (exact) mass is 284 g/mol. The minimum atomic E-state index is -0.931. The number of nitrogens with zero attached hydrogens (tertiary/aromatic N) is 2. The highest BCUT2D eigenvalue weighted by molar-refractivity contribution is 5.55. The zero-order valence-electron chi connectivity index (χ0n) is 11.2. The first-order valence-corrected chi connectivity index (χ1v) is 6.78.